The molecular formula is C11H23N. The first-order valence-electron chi connectivity index (χ1n) is 5.44. The Morgan fingerprint density at radius 3 is 2.67 bits per heavy atom. The van der Waals surface area contributed by atoms with E-state index in [1.165, 1.54) is 32.4 Å². The lowest BCUT2D eigenvalue weighted by atomic mass is 10.1. The molecule has 1 aliphatic rings. The summed E-state index contributed by atoms with van der Waals surface area (Å²) in [5, 5.41) is 3.50. The van der Waals surface area contributed by atoms with E-state index in [-0.39, 0.29) is 0 Å². The van der Waals surface area contributed by atoms with Crippen molar-refractivity contribution in [1.29, 1.82) is 0 Å². The summed E-state index contributed by atoms with van der Waals surface area (Å²) >= 11 is 0. The van der Waals surface area contributed by atoms with E-state index < -0.39 is 0 Å². The van der Waals surface area contributed by atoms with Gasteiger partial charge in [-0.3, -0.25) is 0 Å². The summed E-state index contributed by atoms with van der Waals surface area (Å²) in [6.07, 6.45) is 4.19. The summed E-state index contributed by atoms with van der Waals surface area (Å²) in [5.74, 6) is 2.96. The van der Waals surface area contributed by atoms with Gasteiger partial charge in [0.25, 0.3) is 0 Å². The van der Waals surface area contributed by atoms with Crippen LogP contribution in [0.4, 0.5) is 0 Å². The Bertz CT molecular complexity index is 120. The molecule has 0 spiro atoms. The van der Waals surface area contributed by atoms with Crippen molar-refractivity contribution in [2.45, 2.75) is 40.0 Å². The zero-order valence-corrected chi connectivity index (χ0v) is 8.77. The highest BCUT2D eigenvalue weighted by atomic mass is 14.9. The first-order valence-corrected chi connectivity index (χ1v) is 5.44. The lowest BCUT2D eigenvalue weighted by Crippen LogP contribution is -2.18. The summed E-state index contributed by atoms with van der Waals surface area (Å²) in [6.45, 7) is 9.35. The predicted molar refractivity (Wildman–Crippen MR) is 54.2 cm³/mol. The predicted octanol–water partition coefficient (Wildman–Crippen LogP) is 2.67. The third-order valence-corrected chi connectivity index (χ3v) is 2.68. The van der Waals surface area contributed by atoms with Crippen LogP contribution in [0.25, 0.3) is 0 Å². The maximum Gasteiger partial charge on any atom is -0.00178 e. The maximum absolute atomic E-state index is 3.50. The van der Waals surface area contributed by atoms with Crippen LogP contribution in [0.3, 0.4) is 0 Å². The molecule has 1 saturated carbocycles. The van der Waals surface area contributed by atoms with Gasteiger partial charge < -0.3 is 5.32 Å². The van der Waals surface area contributed by atoms with Crippen LogP contribution in [0.5, 0.6) is 0 Å². The van der Waals surface area contributed by atoms with E-state index in [1.807, 2.05) is 0 Å². The van der Waals surface area contributed by atoms with E-state index >= 15 is 0 Å². The highest BCUT2D eigenvalue weighted by Gasteiger charge is 2.36. The lowest BCUT2D eigenvalue weighted by Gasteiger charge is -2.04. The number of rotatable bonds is 6. The molecule has 2 unspecified atom stereocenters. The molecule has 12 heavy (non-hydrogen) atoms. The minimum Gasteiger partial charge on any atom is -0.316 e. The fourth-order valence-corrected chi connectivity index (χ4v) is 1.92. The number of nitrogens with one attached hydrogen (secondary N) is 1. The quantitative estimate of drug-likeness (QED) is 0.603. The summed E-state index contributed by atoms with van der Waals surface area (Å²) in [4.78, 5) is 0. The molecule has 0 aromatic carbocycles. The summed E-state index contributed by atoms with van der Waals surface area (Å²) in [6, 6.07) is 0. The zero-order chi connectivity index (χ0) is 8.97. The van der Waals surface area contributed by atoms with Crippen molar-refractivity contribution in [2.75, 3.05) is 13.1 Å². The topological polar surface area (TPSA) is 12.0 Å². The van der Waals surface area contributed by atoms with Gasteiger partial charge in [0, 0.05) is 0 Å². The SMILES string of the molecule is CCCNCC1CC1CC(C)C. The van der Waals surface area contributed by atoms with Crippen molar-refractivity contribution in [1.82, 2.24) is 5.32 Å². The second kappa shape index (κ2) is 4.86. The zero-order valence-electron chi connectivity index (χ0n) is 8.77. The number of hydrogen-bond donors (Lipinski definition) is 1. The van der Waals surface area contributed by atoms with Crippen molar-refractivity contribution >= 4 is 0 Å². The van der Waals surface area contributed by atoms with Gasteiger partial charge in [-0.2, -0.15) is 0 Å². The van der Waals surface area contributed by atoms with E-state index in [2.05, 4.69) is 26.1 Å². The molecule has 0 aliphatic heterocycles. The van der Waals surface area contributed by atoms with Crippen molar-refractivity contribution in [2.24, 2.45) is 17.8 Å². The van der Waals surface area contributed by atoms with Gasteiger partial charge in [-0.05, 0) is 50.1 Å². The van der Waals surface area contributed by atoms with E-state index in [1.54, 1.807) is 0 Å². The summed E-state index contributed by atoms with van der Waals surface area (Å²) in [7, 11) is 0. The van der Waals surface area contributed by atoms with Crippen LogP contribution in [-0.2, 0) is 0 Å². The fourth-order valence-electron chi connectivity index (χ4n) is 1.92. The van der Waals surface area contributed by atoms with Crippen molar-refractivity contribution < 1.29 is 0 Å². The molecule has 1 aliphatic carbocycles. The molecule has 1 rings (SSSR count). The van der Waals surface area contributed by atoms with Crippen LogP contribution in [-0.4, -0.2) is 13.1 Å². The van der Waals surface area contributed by atoms with Crippen LogP contribution in [0.2, 0.25) is 0 Å². The van der Waals surface area contributed by atoms with E-state index in [0.29, 0.717) is 0 Å². The van der Waals surface area contributed by atoms with Crippen molar-refractivity contribution in [3.63, 3.8) is 0 Å². The smallest absolute Gasteiger partial charge is 0.00178 e. The molecular weight excluding hydrogens is 146 g/mol. The van der Waals surface area contributed by atoms with Crippen LogP contribution in [0, 0.1) is 17.8 Å². The van der Waals surface area contributed by atoms with Crippen molar-refractivity contribution in [3.05, 3.63) is 0 Å². The Kier molecular flexibility index (Phi) is 4.07. The first-order chi connectivity index (χ1) is 5.74. The van der Waals surface area contributed by atoms with Gasteiger partial charge in [-0.1, -0.05) is 20.8 Å². The normalized spacial score (nSPS) is 28.0. The van der Waals surface area contributed by atoms with Gasteiger partial charge in [0.15, 0.2) is 0 Å². The molecule has 0 aromatic heterocycles. The fraction of sp³-hybridized carbons (Fsp3) is 1.00. The molecule has 1 N–H and O–H groups in total. The highest BCUT2D eigenvalue weighted by Crippen LogP contribution is 2.42. The van der Waals surface area contributed by atoms with E-state index in [4.69, 9.17) is 0 Å². The van der Waals surface area contributed by atoms with Gasteiger partial charge >= 0.3 is 0 Å². The van der Waals surface area contributed by atoms with Gasteiger partial charge in [0.2, 0.25) is 0 Å². The van der Waals surface area contributed by atoms with Crippen LogP contribution < -0.4 is 5.32 Å². The molecule has 2 atom stereocenters. The second-order valence-electron chi connectivity index (χ2n) is 4.59. The van der Waals surface area contributed by atoms with Gasteiger partial charge in [0.1, 0.15) is 0 Å². The second-order valence-corrected chi connectivity index (χ2v) is 4.59. The van der Waals surface area contributed by atoms with Gasteiger partial charge in [0.05, 0.1) is 0 Å². The number of hydrogen-bond acceptors (Lipinski definition) is 1. The molecule has 0 bridgehead atoms. The molecule has 0 radical (unpaired) electrons. The van der Waals surface area contributed by atoms with Gasteiger partial charge in [-0.15, -0.1) is 0 Å². The molecule has 1 fully saturated rings. The Morgan fingerprint density at radius 2 is 2.08 bits per heavy atom. The summed E-state index contributed by atoms with van der Waals surface area (Å²) < 4.78 is 0. The summed E-state index contributed by atoms with van der Waals surface area (Å²) in [5.41, 5.74) is 0. The minimum atomic E-state index is 0.895. The molecule has 1 nitrogen and oxygen atoms in total. The molecule has 0 heterocycles. The third-order valence-electron chi connectivity index (χ3n) is 2.68. The monoisotopic (exact) mass is 169 g/mol. The maximum atomic E-state index is 3.50. The Balaban J connectivity index is 1.93. The molecule has 0 aromatic rings. The largest absolute Gasteiger partial charge is 0.316 e. The lowest BCUT2D eigenvalue weighted by molar-refractivity contribution is 0.498. The molecule has 0 saturated heterocycles. The van der Waals surface area contributed by atoms with Crippen LogP contribution in [0.1, 0.15) is 40.0 Å². The van der Waals surface area contributed by atoms with E-state index in [9.17, 15) is 0 Å². The Hall–Kier alpha value is -0.0400. The standard InChI is InChI=1S/C11H23N/c1-4-5-12-8-11-7-10(11)6-9(2)3/h9-12H,4-8H2,1-3H3. The average Bonchev–Trinajstić information content (AvgIpc) is 2.67. The molecule has 1 heteroatoms. The minimum absolute atomic E-state index is 0.895. The third kappa shape index (κ3) is 3.57. The van der Waals surface area contributed by atoms with E-state index in [0.717, 1.165) is 17.8 Å². The van der Waals surface area contributed by atoms with Crippen LogP contribution >= 0.6 is 0 Å². The molecule has 0 amide bonds. The Labute approximate surface area is 76.9 Å². The Morgan fingerprint density at radius 1 is 1.33 bits per heavy atom. The first kappa shape index (κ1) is 10.0. The van der Waals surface area contributed by atoms with Crippen molar-refractivity contribution in [3.8, 4) is 0 Å². The van der Waals surface area contributed by atoms with Gasteiger partial charge in [-0.25, -0.2) is 0 Å². The molecule has 72 valence electrons. The highest BCUT2D eigenvalue weighted by molar-refractivity contribution is 4.88. The van der Waals surface area contributed by atoms with Crippen LogP contribution in [0.15, 0.2) is 0 Å². The average molecular weight is 169 g/mol.